The minimum Gasteiger partial charge on any atom is -0.394 e. The van der Waals surface area contributed by atoms with Crippen molar-refractivity contribution in [3.05, 3.63) is 11.1 Å². The molecule has 0 saturated carbocycles. The number of aliphatic hydroxyl groups excluding tert-OH is 5. The monoisotopic (exact) mass is 332 g/mol. The molecule has 7 heteroatoms. The van der Waals surface area contributed by atoms with E-state index in [1.165, 1.54) is 0 Å². The summed E-state index contributed by atoms with van der Waals surface area (Å²) in [5.74, 6) is 0. The molecular formula is C16H28O7. The molecule has 1 aliphatic carbocycles. The average molecular weight is 332 g/mol. The van der Waals surface area contributed by atoms with E-state index in [1.54, 1.807) is 0 Å². The normalized spacial score (nSPS) is 41.2. The molecule has 0 bridgehead atoms. The van der Waals surface area contributed by atoms with E-state index in [0.717, 1.165) is 17.6 Å². The van der Waals surface area contributed by atoms with Crippen LogP contribution >= 0.6 is 0 Å². The van der Waals surface area contributed by atoms with Gasteiger partial charge in [-0.1, -0.05) is 13.8 Å². The lowest BCUT2D eigenvalue weighted by Crippen LogP contribution is -2.59. The van der Waals surface area contributed by atoms with Gasteiger partial charge in [-0.05, 0) is 36.3 Å². The molecule has 0 radical (unpaired) electrons. The SMILES string of the molecule is CC1=C(COC2OC(CO)C(O)C(O)C2O)C(C)(C)CCC1O. The van der Waals surface area contributed by atoms with Gasteiger partial charge >= 0.3 is 0 Å². The third-order valence-electron chi connectivity index (χ3n) is 5.08. The van der Waals surface area contributed by atoms with Crippen molar-refractivity contribution in [1.82, 2.24) is 0 Å². The molecule has 0 aromatic rings. The largest absolute Gasteiger partial charge is 0.394 e. The highest BCUT2D eigenvalue weighted by molar-refractivity contribution is 5.26. The van der Waals surface area contributed by atoms with Crippen LogP contribution < -0.4 is 0 Å². The molecule has 5 N–H and O–H groups in total. The molecule has 6 unspecified atom stereocenters. The van der Waals surface area contributed by atoms with Gasteiger partial charge in [0.2, 0.25) is 0 Å². The first-order valence-corrected chi connectivity index (χ1v) is 7.99. The first-order valence-electron chi connectivity index (χ1n) is 7.99. The summed E-state index contributed by atoms with van der Waals surface area (Å²) >= 11 is 0. The van der Waals surface area contributed by atoms with E-state index in [9.17, 15) is 25.5 Å². The van der Waals surface area contributed by atoms with Crippen LogP contribution in [0.25, 0.3) is 0 Å². The molecule has 0 spiro atoms. The van der Waals surface area contributed by atoms with Crippen molar-refractivity contribution in [1.29, 1.82) is 0 Å². The van der Waals surface area contributed by atoms with E-state index in [4.69, 9.17) is 9.47 Å². The van der Waals surface area contributed by atoms with E-state index >= 15 is 0 Å². The smallest absolute Gasteiger partial charge is 0.187 e. The Kier molecular flexibility index (Phi) is 5.84. The van der Waals surface area contributed by atoms with Crippen molar-refractivity contribution in [2.45, 2.75) is 70.4 Å². The van der Waals surface area contributed by atoms with E-state index < -0.39 is 43.4 Å². The molecule has 6 atom stereocenters. The highest BCUT2D eigenvalue weighted by Gasteiger charge is 2.44. The molecule has 0 amide bonds. The first kappa shape index (κ1) is 18.8. The molecule has 23 heavy (non-hydrogen) atoms. The van der Waals surface area contributed by atoms with E-state index in [2.05, 4.69) is 13.8 Å². The quantitative estimate of drug-likeness (QED) is 0.432. The Balaban J connectivity index is 2.08. The van der Waals surface area contributed by atoms with Gasteiger partial charge in [-0.2, -0.15) is 0 Å². The summed E-state index contributed by atoms with van der Waals surface area (Å²) in [6.45, 7) is 5.63. The first-order chi connectivity index (χ1) is 10.7. The van der Waals surface area contributed by atoms with Gasteiger partial charge in [-0.15, -0.1) is 0 Å². The minimum atomic E-state index is -1.45. The van der Waals surface area contributed by atoms with Crippen LogP contribution in [-0.2, 0) is 9.47 Å². The molecule has 1 heterocycles. The zero-order valence-electron chi connectivity index (χ0n) is 13.8. The average Bonchev–Trinajstić information content (AvgIpc) is 2.51. The van der Waals surface area contributed by atoms with Crippen molar-refractivity contribution >= 4 is 0 Å². The lowest BCUT2D eigenvalue weighted by Gasteiger charge is -2.41. The molecule has 1 aliphatic heterocycles. The van der Waals surface area contributed by atoms with Crippen molar-refractivity contribution < 1.29 is 35.0 Å². The van der Waals surface area contributed by atoms with Gasteiger partial charge < -0.3 is 35.0 Å². The van der Waals surface area contributed by atoms with Gasteiger partial charge in [0.1, 0.15) is 24.4 Å². The third-order valence-corrected chi connectivity index (χ3v) is 5.08. The summed E-state index contributed by atoms with van der Waals surface area (Å²) in [7, 11) is 0. The zero-order chi connectivity index (χ0) is 17.4. The Morgan fingerprint density at radius 3 is 2.39 bits per heavy atom. The van der Waals surface area contributed by atoms with Gasteiger partial charge in [0.05, 0.1) is 19.3 Å². The van der Waals surface area contributed by atoms with Gasteiger partial charge in [0.25, 0.3) is 0 Å². The Bertz CT molecular complexity index is 446. The van der Waals surface area contributed by atoms with Crippen molar-refractivity contribution in [3.8, 4) is 0 Å². The van der Waals surface area contributed by atoms with Crippen molar-refractivity contribution in [3.63, 3.8) is 0 Å². The Hall–Kier alpha value is -0.540. The lowest BCUT2D eigenvalue weighted by molar-refractivity contribution is -0.299. The fourth-order valence-electron chi connectivity index (χ4n) is 3.28. The van der Waals surface area contributed by atoms with Crippen molar-refractivity contribution in [2.24, 2.45) is 5.41 Å². The van der Waals surface area contributed by atoms with Gasteiger partial charge in [0.15, 0.2) is 6.29 Å². The van der Waals surface area contributed by atoms with E-state index in [-0.39, 0.29) is 12.0 Å². The second-order valence-corrected chi connectivity index (χ2v) is 7.11. The summed E-state index contributed by atoms with van der Waals surface area (Å²) in [5, 5.41) is 48.7. The number of rotatable bonds is 4. The number of hydrogen-bond donors (Lipinski definition) is 5. The van der Waals surface area contributed by atoms with Crippen LogP contribution in [0.4, 0.5) is 0 Å². The molecular weight excluding hydrogens is 304 g/mol. The fraction of sp³-hybridized carbons (Fsp3) is 0.875. The summed E-state index contributed by atoms with van der Waals surface area (Å²) in [6, 6.07) is 0. The van der Waals surface area contributed by atoms with E-state index in [1.807, 2.05) is 6.92 Å². The maximum Gasteiger partial charge on any atom is 0.187 e. The molecule has 134 valence electrons. The Labute approximate surface area is 136 Å². The van der Waals surface area contributed by atoms with Gasteiger partial charge in [-0.3, -0.25) is 0 Å². The van der Waals surface area contributed by atoms with E-state index in [0.29, 0.717) is 6.42 Å². The predicted molar refractivity (Wildman–Crippen MR) is 81.4 cm³/mol. The van der Waals surface area contributed by atoms with Crippen LogP contribution in [0.5, 0.6) is 0 Å². The van der Waals surface area contributed by atoms with Crippen LogP contribution in [0.15, 0.2) is 11.1 Å². The van der Waals surface area contributed by atoms with Gasteiger partial charge in [0, 0.05) is 0 Å². The second-order valence-electron chi connectivity index (χ2n) is 7.11. The fourth-order valence-corrected chi connectivity index (χ4v) is 3.28. The molecule has 0 aromatic heterocycles. The summed E-state index contributed by atoms with van der Waals surface area (Å²) < 4.78 is 11.0. The lowest BCUT2D eigenvalue weighted by atomic mass is 9.72. The predicted octanol–water partition coefficient (Wildman–Crippen LogP) is -0.700. The summed E-state index contributed by atoms with van der Waals surface area (Å²) in [5.41, 5.74) is 1.65. The maximum absolute atomic E-state index is 10.0. The number of aliphatic hydroxyl groups is 5. The molecule has 1 saturated heterocycles. The minimum absolute atomic E-state index is 0.137. The van der Waals surface area contributed by atoms with Crippen LogP contribution in [0, 0.1) is 5.41 Å². The number of ether oxygens (including phenoxy) is 2. The Morgan fingerprint density at radius 2 is 1.78 bits per heavy atom. The molecule has 2 aliphatic rings. The summed E-state index contributed by atoms with van der Waals surface area (Å²) in [4.78, 5) is 0. The molecule has 1 fully saturated rings. The van der Waals surface area contributed by atoms with Crippen LogP contribution in [-0.4, -0.2) is 75.6 Å². The topological polar surface area (TPSA) is 120 Å². The molecule has 2 rings (SSSR count). The van der Waals surface area contributed by atoms with Gasteiger partial charge in [-0.25, -0.2) is 0 Å². The standard InChI is InChI=1S/C16H28O7/c1-8-9(16(2,3)5-4-10(8)18)7-22-15-14(21)13(20)12(19)11(6-17)23-15/h10-15,17-21H,4-7H2,1-3H3. The van der Waals surface area contributed by atoms with Crippen LogP contribution in [0.1, 0.15) is 33.6 Å². The molecule has 7 nitrogen and oxygen atoms in total. The molecule has 0 aromatic carbocycles. The summed E-state index contributed by atoms with van der Waals surface area (Å²) in [6.07, 6.45) is -5.39. The second kappa shape index (κ2) is 7.14. The maximum atomic E-state index is 10.0. The third kappa shape index (κ3) is 3.76. The number of hydrogen-bond acceptors (Lipinski definition) is 7. The van der Waals surface area contributed by atoms with Crippen molar-refractivity contribution in [2.75, 3.05) is 13.2 Å². The Morgan fingerprint density at radius 1 is 1.13 bits per heavy atom. The highest BCUT2D eigenvalue weighted by atomic mass is 16.7. The zero-order valence-corrected chi connectivity index (χ0v) is 13.8. The van der Waals surface area contributed by atoms with Crippen LogP contribution in [0.3, 0.4) is 0 Å². The van der Waals surface area contributed by atoms with Crippen LogP contribution in [0.2, 0.25) is 0 Å². The highest BCUT2D eigenvalue weighted by Crippen LogP contribution is 2.40.